The number of piperidine rings is 1. The van der Waals surface area contributed by atoms with Crippen LogP contribution >= 0.6 is 22.9 Å². The van der Waals surface area contributed by atoms with Crippen LogP contribution in [0.5, 0.6) is 0 Å². The maximum Gasteiger partial charge on any atom is 0.340 e. The lowest BCUT2D eigenvalue weighted by molar-refractivity contribution is -0.116. The molecular weight excluding hydrogens is 454 g/mol. The van der Waals surface area contributed by atoms with Crippen LogP contribution in [0.25, 0.3) is 10.3 Å². The van der Waals surface area contributed by atoms with Gasteiger partial charge in [0.15, 0.2) is 10.8 Å². The van der Waals surface area contributed by atoms with E-state index in [0.29, 0.717) is 21.4 Å². The number of benzene rings is 1. The Balaban J connectivity index is 1.56. The first-order chi connectivity index (χ1) is 15.4. The summed E-state index contributed by atoms with van der Waals surface area (Å²) >= 11 is 7.25. The molecule has 32 heavy (non-hydrogen) atoms. The molecule has 0 aliphatic carbocycles. The van der Waals surface area contributed by atoms with Gasteiger partial charge in [-0.2, -0.15) is 4.98 Å². The molecule has 1 amide bonds. The van der Waals surface area contributed by atoms with E-state index in [4.69, 9.17) is 16.3 Å². The Morgan fingerprint density at radius 1 is 1.34 bits per heavy atom. The van der Waals surface area contributed by atoms with Crippen LogP contribution in [-0.4, -0.2) is 46.1 Å². The van der Waals surface area contributed by atoms with Crippen molar-refractivity contribution in [2.24, 2.45) is 0 Å². The first-order valence-electron chi connectivity index (χ1n) is 10.2. The van der Waals surface area contributed by atoms with Crippen molar-refractivity contribution < 1.29 is 14.3 Å². The van der Waals surface area contributed by atoms with Gasteiger partial charge < -0.3 is 15.0 Å². The number of esters is 1. The van der Waals surface area contributed by atoms with Crippen molar-refractivity contribution in [1.82, 2.24) is 14.5 Å². The molecule has 3 aromatic rings. The molecule has 4 rings (SSSR count). The zero-order chi connectivity index (χ0) is 22.8. The van der Waals surface area contributed by atoms with Crippen LogP contribution in [0.4, 0.5) is 10.8 Å². The summed E-state index contributed by atoms with van der Waals surface area (Å²) in [6.07, 6.45) is 4.69. The lowest BCUT2D eigenvalue weighted by atomic mass is 10.1. The highest BCUT2D eigenvalue weighted by Gasteiger charge is 2.23. The molecule has 1 aliphatic heterocycles. The molecule has 0 radical (unpaired) electrons. The van der Waals surface area contributed by atoms with E-state index in [1.807, 2.05) is 0 Å². The molecule has 0 spiro atoms. The third kappa shape index (κ3) is 4.46. The summed E-state index contributed by atoms with van der Waals surface area (Å²) in [5.74, 6) is -1.12. The number of amides is 1. The summed E-state index contributed by atoms with van der Waals surface area (Å²) in [5.41, 5.74) is 0.419. The zero-order valence-corrected chi connectivity index (χ0v) is 19.2. The largest absolute Gasteiger partial charge is 0.465 e. The Morgan fingerprint density at radius 2 is 2.16 bits per heavy atom. The SMILES string of the molecule is COC(=O)c1cc(Cl)ccc1NC(=O)Cn1cnc2nc(N3CCCCC3C)sc2c1=O. The molecule has 11 heteroatoms. The first kappa shape index (κ1) is 22.2. The minimum Gasteiger partial charge on any atom is -0.465 e. The summed E-state index contributed by atoms with van der Waals surface area (Å²) < 4.78 is 6.38. The minimum atomic E-state index is -0.632. The van der Waals surface area contributed by atoms with Gasteiger partial charge in [-0.1, -0.05) is 22.9 Å². The number of methoxy groups -OCH3 is 1. The molecule has 1 N–H and O–H groups in total. The number of nitrogens with zero attached hydrogens (tertiary/aromatic N) is 4. The number of nitrogens with one attached hydrogen (secondary N) is 1. The maximum absolute atomic E-state index is 13.0. The van der Waals surface area contributed by atoms with Crippen molar-refractivity contribution in [3.8, 4) is 0 Å². The number of rotatable bonds is 5. The Hall–Kier alpha value is -2.98. The second-order valence-electron chi connectivity index (χ2n) is 7.59. The van der Waals surface area contributed by atoms with Crippen molar-refractivity contribution in [1.29, 1.82) is 0 Å². The van der Waals surface area contributed by atoms with Crippen molar-refractivity contribution in [3.05, 3.63) is 45.5 Å². The van der Waals surface area contributed by atoms with Crippen LogP contribution in [0, 0.1) is 0 Å². The molecule has 1 aromatic carbocycles. The van der Waals surface area contributed by atoms with E-state index >= 15 is 0 Å². The van der Waals surface area contributed by atoms with Gasteiger partial charge in [0, 0.05) is 17.6 Å². The molecular formula is C21H22ClN5O4S. The molecule has 168 valence electrons. The van der Waals surface area contributed by atoms with E-state index in [9.17, 15) is 14.4 Å². The fourth-order valence-corrected chi connectivity index (χ4v) is 4.97. The number of carbonyl (C=O) groups is 2. The number of hydrogen-bond acceptors (Lipinski definition) is 8. The van der Waals surface area contributed by atoms with Crippen LogP contribution in [0.1, 0.15) is 36.5 Å². The molecule has 1 fully saturated rings. The predicted molar refractivity (Wildman–Crippen MR) is 124 cm³/mol. The van der Waals surface area contributed by atoms with Crippen LogP contribution in [0.2, 0.25) is 5.02 Å². The fourth-order valence-electron chi connectivity index (χ4n) is 3.70. The van der Waals surface area contributed by atoms with Crippen molar-refractivity contribution >= 4 is 56.0 Å². The van der Waals surface area contributed by atoms with Crippen molar-refractivity contribution in [2.75, 3.05) is 23.9 Å². The minimum absolute atomic E-state index is 0.122. The van der Waals surface area contributed by atoms with Crippen molar-refractivity contribution in [2.45, 2.75) is 38.8 Å². The molecule has 0 saturated carbocycles. The smallest absolute Gasteiger partial charge is 0.340 e. The van der Waals surface area contributed by atoms with Gasteiger partial charge in [0.05, 0.1) is 18.4 Å². The van der Waals surface area contributed by atoms with Gasteiger partial charge in [0.1, 0.15) is 17.6 Å². The maximum atomic E-state index is 13.0. The average molecular weight is 476 g/mol. The van der Waals surface area contributed by atoms with Gasteiger partial charge in [-0.25, -0.2) is 9.78 Å². The lowest BCUT2D eigenvalue weighted by Gasteiger charge is -2.32. The fraction of sp³-hybridized carbons (Fsp3) is 0.381. The number of thiazole rings is 1. The van der Waals surface area contributed by atoms with E-state index < -0.39 is 11.9 Å². The number of aromatic nitrogens is 3. The van der Waals surface area contributed by atoms with Crippen molar-refractivity contribution in [3.63, 3.8) is 0 Å². The Labute approximate surface area is 193 Å². The van der Waals surface area contributed by atoms with Gasteiger partial charge in [-0.05, 0) is 44.4 Å². The normalized spacial score (nSPS) is 16.2. The Morgan fingerprint density at radius 3 is 2.91 bits per heavy atom. The highest BCUT2D eigenvalue weighted by Crippen LogP contribution is 2.30. The van der Waals surface area contributed by atoms with E-state index in [0.717, 1.165) is 24.5 Å². The molecule has 9 nitrogen and oxygen atoms in total. The van der Waals surface area contributed by atoms with Crippen LogP contribution < -0.4 is 15.8 Å². The number of anilines is 2. The average Bonchev–Trinajstić information content (AvgIpc) is 3.21. The molecule has 1 aliphatic rings. The summed E-state index contributed by atoms with van der Waals surface area (Å²) in [4.78, 5) is 48.6. The monoisotopic (exact) mass is 475 g/mol. The summed E-state index contributed by atoms with van der Waals surface area (Å²) in [6, 6.07) is 4.82. The van der Waals surface area contributed by atoms with Gasteiger partial charge in [-0.15, -0.1) is 0 Å². The third-order valence-electron chi connectivity index (χ3n) is 5.40. The van der Waals surface area contributed by atoms with Gasteiger partial charge in [-0.3, -0.25) is 14.2 Å². The molecule has 1 unspecified atom stereocenters. The van der Waals surface area contributed by atoms with Crippen LogP contribution in [0.3, 0.4) is 0 Å². The number of ether oxygens (including phenoxy) is 1. The predicted octanol–water partition coefficient (Wildman–Crippen LogP) is 3.31. The molecule has 1 atom stereocenters. The topological polar surface area (TPSA) is 106 Å². The van der Waals surface area contributed by atoms with Crippen LogP contribution in [-0.2, 0) is 16.1 Å². The quantitative estimate of drug-likeness (QED) is 0.564. The van der Waals surface area contributed by atoms with E-state index in [1.165, 1.54) is 47.9 Å². The number of halogens is 1. The summed E-state index contributed by atoms with van der Waals surface area (Å²) in [7, 11) is 1.24. The highest BCUT2D eigenvalue weighted by atomic mass is 35.5. The second kappa shape index (κ2) is 9.25. The zero-order valence-electron chi connectivity index (χ0n) is 17.6. The van der Waals surface area contributed by atoms with Crippen LogP contribution in [0.15, 0.2) is 29.3 Å². The van der Waals surface area contributed by atoms with E-state index in [2.05, 4.69) is 27.1 Å². The number of fused-ring (bicyclic) bond motifs is 1. The van der Waals surface area contributed by atoms with E-state index in [1.54, 1.807) is 6.07 Å². The molecule has 3 heterocycles. The summed E-state index contributed by atoms with van der Waals surface area (Å²) in [5, 5.41) is 3.75. The standard InChI is InChI=1S/C21H22ClN5O4S/c1-12-5-3-4-8-27(12)21-25-18-17(32-21)19(29)26(11-23-18)10-16(28)24-15-7-6-13(22)9-14(15)20(30)31-2/h6-7,9,11-12H,3-5,8,10H2,1-2H3,(H,24,28). The molecule has 1 saturated heterocycles. The Kier molecular flexibility index (Phi) is 6.43. The number of carbonyl (C=O) groups excluding carboxylic acids is 2. The first-order valence-corrected chi connectivity index (χ1v) is 11.4. The van der Waals surface area contributed by atoms with E-state index in [-0.39, 0.29) is 23.4 Å². The lowest BCUT2D eigenvalue weighted by Crippen LogP contribution is -2.37. The highest BCUT2D eigenvalue weighted by molar-refractivity contribution is 7.22. The second-order valence-corrected chi connectivity index (χ2v) is 9.01. The molecule has 0 bridgehead atoms. The summed E-state index contributed by atoms with van der Waals surface area (Å²) in [6.45, 7) is 2.79. The Bertz CT molecular complexity index is 1240. The van der Waals surface area contributed by atoms with Gasteiger partial charge in [0.25, 0.3) is 5.56 Å². The van der Waals surface area contributed by atoms with Gasteiger partial charge >= 0.3 is 5.97 Å². The third-order valence-corrected chi connectivity index (χ3v) is 6.70. The van der Waals surface area contributed by atoms with Gasteiger partial charge in [0.2, 0.25) is 5.91 Å². The molecule has 2 aromatic heterocycles. The number of hydrogen-bond donors (Lipinski definition) is 1.